The molecule has 8 heteroatoms. The van der Waals surface area contributed by atoms with E-state index >= 15 is 0 Å². The van der Waals surface area contributed by atoms with Crippen LogP contribution in [0.5, 0.6) is 11.5 Å². The van der Waals surface area contributed by atoms with Gasteiger partial charge in [-0.05, 0) is 31.0 Å². The van der Waals surface area contributed by atoms with E-state index in [4.69, 9.17) is 9.47 Å². The van der Waals surface area contributed by atoms with Crippen molar-refractivity contribution in [3.63, 3.8) is 0 Å². The molecular weight excluding hydrogens is 402 g/mol. The molecule has 1 aliphatic carbocycles. The Bertz CT molecular complexity index is 1110. The van der Waals surface area contributed by atoms with Crippen molar-refractivity contribution in [3.05, 3.63) is 45.7 Å². The molecule has 30 heavy (non-hydrogen) atoms. The molecule has 0 unspecified atom stereocenters. The first-order valence-corrected chi connectivity index (χ1v) is 11.0. The van der Waals surface area contributed by atoms with Gasteiger partial charge in [-0.15, -0.1) is 11.3 Å². The number of fused-ring (bicyclic) bond motifs is 1. The minimum Gasteiger partial charge on any atom is -0.497 e. The van der Waals surface area contributed by atoms with Crippen LogP contribution >= 0.6 is 11.3 Å². The largest absolute Gasteiger partial charge is 0.497 e. The second kappa shape index (κ2) is 8.87. The quantitative estimate of drug-likeness (QED) is 0.625. The fourth-order valence-corrected chi connectivity index (χ4v) is 4.79. The van der Waals surface area contributed by atoms with Gasteiger partial charge in [-0.3, -0.25) is 14.0 Å². The number of ether oxygens (including phenoxy) is 2. The molecule has 158 valence electrons. The summed E-state index contributed by atoms with van der Waals surface area (Å²) in [6.07, 6.45) is 7.89. The van der Waals surface area contributed by atoms with Crippen LogP contribution in [-0.4, -0.2) is 35.6 Å². The zero-order valence-electron chi connectivity index (χ0n) is 17.1. The first-order chi connectivity index (χ1) is 14.6. The van der Waals surface area contributed by atoms with Gasteiger partial charge in [-0.25, -0.2) is 4.98 Å². The molecule has 0 bridgehead atoms. The predicted molar refractivity (Wildman–Crippen MR) is 117 cm³/mol. The van der Waals surface area contributed by atoms with Crippen LogP contribution in [0.3, 0.4) is 0 Å². The van der Waals surface area contributed by atoms with Gasteiger partial charge in [-0.1, -0.05) is 25.7 Å². The fourth-order valence-electron chi connectivity index (χ4n) is 3.94. The van der Waals surface area contributed by atoms with E-state index in [-0.39, 0.29) is 23.1 Å². The van der Waals surface area contributed by atoms with Gasteiger partial charge in [0.05, 0.1) is 19.9 Å². The molecule has 1 aliphatic rings. The van der Waals surface area contributed by atoms with Crippen molar-refractivity contribution >= 4 is 22.2 Å². The predicted octanol–water partition coefficient (Wildman–Crippen LogP) is 3.89. The second-order valence-electron chi connectivity index (χ2n) is 7.44. The van der Waals surface area contributed by atoms with Crippen molar-refractivity contribution in [2.45, 2.75) is 44.6 Å². The minimum absolute atomic E-state index is 0.0539. The second-order valence-corrected chi connectivity index (χ2v) is 8.28. The standard InChI is InChI=1S/C22H25N3O4S/c1-28-15-9-10-19(29-2)16(11-15)18-13-30-22-23-12-17(21(27)25(18)22)20(26)24-14-7-5-3-4-6-8-14/h9-14H,3-8H2,1-2H3,(H,24,26). The Morgan fingerprint density at radius 2 is 1.93 bits per heavy atom. The number of hydrogen-bond donors (Lipinski definition) is 1. The zero-order valence-corrected chi connectivity index (χ0v) is 18.0. The van der Waals surface area contributed by atoms with Crippen LogP contribution in [-0.2, 0) is 0 Å². The first kappa shape index (κ1) is 20.4. The molecule has 1 N–H and O–H groups in total. The van der Waals surface area contributed by atoms with E-state index in [0.717, 1.165) is 25.7 Å². The lowest BCUT2D eigenvalue weighted by atomic mass is 10.1. The first-order valence-electron chi connectivity index (χ1n) is 10.1. The molecule has 2 aromatic heterocycles. The maximum atomic E-state index is 13.3. The summed E-state index contributed by atoms with van der Waals surface area (Å²) in [6.45, 7) is 0. The summed E-state index contributed by atoms with van der Waals surface area (Å²) in [4.78, 5) is 31.0. The molecule has 0 radical (unpaired) electrons. The lowest BCUT2D eigenvalue weighted by Crippen LogP contribution is -2.38. The Kier molecular flexibility index (Phi) is 6.03. The molecule has 3 aromatic rings. The van der Waals surface area contributed by atoms with Gasteiger partial charge in [0.15, 0.2) is 4.96 Å². The van der Waals surface area contributed by atoms with E-state index in [0.29, 0.717) is 27.7 Å². The monoisotopic (exact) mass is 427 g/mol. The molecule has 0 atom stereocenters. The SMILES string of the molecule is COc1ccc(OC)c(-c2csc3ncc(C(=O)NC4CCCCCC4)c(=O)n23)c1. The molecule has 1 aromatic carbocycles. The van der Waals surface area contributed by atoms with Crippen molar-refractivity contribution in [1.29, 1.82) is 0 Å². The van der Waals surface area contributed by atoms with E-state index < -0.39 is 0 Å². The summed E-state index contributed by atoms with van der Waals surface area (Å²) in [5.41, 5.74) is 0.992. The van der Waals surface area contributed by atoms with E-state index in [1.807, 2.05) is 11.4 Å². The maximum Gasteiger partial charge on any atom is 0.271 e. The van der Waals surface area contributed by atoms with Crippen molar-refractivity contribution in [2.24, 2.45) is 0 Å². The molecule has 0 spiro atoms. The molecule has 0 saturated heterocycles. The van der Waals surface area contributed by atoms with Crippen LogP contribution in [0.1, 0.15) is 48.9 Å². The van der Waals surface area contributed by atoms with E-state index in [1.165, 1.54) is 34.8 Å². The van der Waals surface area contributed by atoms with E-state index in [2.05, 4.69) is 10.3 Å². The highest BCUT2D eigenvalue weighted by Gasteiger charge is 2.21. The van der Waals surface area contributed by atoms with Crippen LogP contribution in [0.25, 0.3) is 16.2 Å². The number of rotatable bonds is 5. The highest BCUT2D eigenvalue weighted by atomic mass is 32.1. The summed E-state index contributed by atoms with van der Waals surface area (Å²) < 4.78 is 12.3. The third-order valence-electron chi connectivity index (χ3n) is 5.56. The summed E-state index contributed by atoms with van der Waals surface area (Å²) >= 11 is 1.34. The Hall–Kier alpha value is -2.87. The smallest absolute Gasteiger partial charge is 0.271 e. The number of benzene rings is 1. The summed E-state index contributed by atoms with van der Waals surface area (Å²) in [5.74, 6) is 0.896. The number of thiazole rings is 1. The molecule has 4 rings (SSSR count). The highest BCUT2D eigenvalue weighted by molar-refractivity contribution is 7.15. The average Bonchev–Trinajstić information content (AvgIpc) is 3.04. The summed E-state index contributed by atoms with van der Waals surface area (Å²) in [6, 6.07) is 5.51. The van der Waals surface area contributed by atoms with Crippen molar-refractivity contribution in [3.8, 4) is 22.8 Å². The third kappa shape index (κ3) is 3.92. The van der Waals surface area contributed by atoms with Gasteiger partial charge >= 0.3 is 0 Å². The van der Waals surface area contributed by atoms with Crippen LogP contribution < -0.4 is 20.3 Å². The average molecular weight is 428 g/mol. The zero-order chi connectivity index (χ0) is 21.1. The fraction of sp³-hybridized carbons (Fsp3) is 0.409. The van der Waals surface area contributed by atoms with E-state index in [1.54, 1.807) is 26.4 Å². The van der Waals surface area contributed by atoms with Crippen LogP contribution in [0.2, 0.25) is 0 Å². The van der Waals surface area contributed by atoms with Crippen LogP contribution in [0, 0.1) is 0 Å². The molecule has 1 amide bonds. The maximum absolute atomic E-state index is 13.3. The number of nitrogens with zero attached hydrogens (tertiary/aromatic N) is 2. The van der Waals surface area contributed by atoms with E-state index in [9.17, 15) is 9.59 Å². The number of nitrogens with one attached hydrogen (secondary N) is 1. The molecule has 0 aliphatic heterocycles. The van der Waals surface area contributed by atoms with Gasteiger partial charge < -0.3 is 14.8 Å². The lowest BCUT2D eigenvalue weighted by molar-refractivity contribution is 0.0931. The van der Waals surface area contributed by atoms with Crippen LogP contribution in [0.15, 0.2) is 34.6 Å². The Morgan fingerprint density at radius 3 is 2.63 bits per heavy atom. The lowest BCUT2D eigenvalue weighted by Gasteiger charge is -2.16. The Balaban J connectivity index is 1.75. The van der Waals surface area contributed by atoms with Gasteiger partial charge in [0.2, 0.25) is 0 Å². The number of hydrogen-bond acceptors (Lipinski definition) is 6. The number of carbonyl (C=O) groups is 1. The molecule has 7 nitrogen and oxygen atoms in total. The Labute approximate surface area is 178 Å². The molecular formula is C22H25N3O4S. The third-order valence-corrected chi connectivity index (χ3v) is 6.40. The summed E-state index contributed by atoms with van der Waals surface area (Å²) in [7, 11) is 3.16. The molecule has 2 heterocycles. The van der Waals surface area contributed by atoms with Gasteiger partial charge in [0, 0.05) is 23.2 Å². The normalized spacial score (nSPS) is 15.0. The molecule has 1 fully saturated rings. The van der Waals surface area contributed by atoms with Crippen molar-refractivity contribution in [2.75, 3.05) is 14.2 Å². The number of carbonyl (C=O) groups excluding carboxylic acids is 1. The topological polar surface area (TPSA) is 81.9 Å². The van der Waals surface area contributed by atoms with Crippen LogP contribution in [0.4, 0.5) is 0 Å². The number of aromatic nitrogens is 2. The van der Waals surface area contributed by atoms with Gasteiger partial charge in [0.1, 0.15) is 17.1 Å². The van der Waals surface area contributed by atoms with Gasteiger partial charge in [-0.2, -0.15) is 0 Å². The number of amides is 1. The summed E-state index contributed by atoms with van der Waals surface area (Å²) in [5, 5.41) is 4.88. The van der Waals surface area contributed by atoms with Gasteiger partial charge in [0.25, 0.3) is 11.5 Å². The highest BCUT2D eigenvalue weighted by Crippen LogP contribution is 2.35. The van der Waals surface area contributed by atoms with Crippen molar-refractivity contribution < 1.29 is 14.3 Å². The Morgan fingerprint density at radius 1 is 1.17 bits per heavy atom. The number of methoxy groups -OCH3 is 2. The molecule has 1 saturated carbocycles. The minimum atomic E-state index is -0.382. The van der Waals surface area contributed by atoms with Crippen molar-refractivity contribution in [1.82, 2.24) is 14.7 Å².